The van der Waals surface area contributed by atoms with E-state index in [2.05, 4.69) is 14.9 Å². The zero-order valence-corrected chi connectivity index (χ0v) is 17.8. The van der Waals surface area contributed by atoms with E-state index in [1.807, 2.05) is 45.9 Å². The first-order chi connectivity index (χ1) is 13.9. The number of carbonyl (C=O) groups is 2. The summed E-state index contributed by atoms with van der Waals surface area (Å²) in [6.45, 7) is 9.08. The van der Waals surface area contributed by atoms with Gasteiger partial charge in [0.1, 0.15) is 5.82 Å². The highest BCUT2D eigenvalue weighted by molar-refractivity contribution is 5.92. The second kappa shape index (κ2) is 9.25. The molecule has 1 fully saturated rings. The standard InChI is InChI=1S/C23H31N3O3/c1-5-29-23(28)20-13-16(3)26(17(20)4)14-18-6-8-19(9-7-18)22(27)25-21-12-15(2)10-11-24-21/h10-13,18-19H,5-9,14H2,1-4H3,(H,24,25,27). The van der Waals surface area contributed by atoms with Crippen LogP contribution in [0.4, 0.5) is 5.82 Å². The first-order valence-corrected chi connectivity index (χ1v) is 10.5. The number of aromatic nitrogens is 2. The van der Waals surface area contributed by atoms with Crippen LogP contribution in [-0.4, -0.2) is 28.0 Å². The van der Waals surface area contributed by atoms with Gasteiger partial charge < -0.3 is 14.6 Å². The van der Waals surface area contributed by atoms with Crippen molar-refractivity contribution < 1.29 is 14.3 Å². The number of nitrogens with one attached hydrogen (secondary N) is 1. The van der Waals surface area contributed by atoms with Gasteiger partial charge in [-0.3, -0.25) is 4.79 Å². The van der Waals surface area contributed by atoms with Crippen LogP contribution in [0.1, 0.15) is 59.9 Å². The maximum absolute atomic E-state index is 12.6. The van der Waals surface area contributed by atoms with Gasteiger partial charge in [0.2, 0.25) is 5.91 Å². The normalized spacial score (nSPS) is 19.0. The summed E-state index contributed by atoms with van der Waals surface area (Å²) in [5, 5.41) is 2.96. The summed E-state index contributed by atoms with van der Waals surface area (Å²) in [6, 6.07) is 5.73. The molecule has 0 atom stereocenters. The minimum Gasteiger partial charge on any atom is -0.462 e. The predicted molar refractivity (Wildman–Crippen MR) is 113 cm³/mol. The Balaban J connectivity index is 1.56. The maximum atomic E-state index is 12.6. The van der Waals surface area contributed by atoms with E-state index < -0.39 is 0 Å². The number of esters is 1. The minimum absolute atomic E-state index is 0.0375. The highest BCUT2D eigenvalue weighted by Crippen LogP contribution is 2.32. The van der Waals surface area contributed by atoms with E-state index in [9.17, 15) is 9.59 Å². The van der Waals surface area contributed by atoms with E-state index in [0.717, 1.165) is 49.2 Å². The third-order valence-corrected chi connectivity index (χ3v) is 5.89. The average Bonchev–Trinajstić information content (AvgIpc) is 2.97. The Kier molecular flexibility index (Phi) is 6.72. The van der Waals surface area contributed by atoms with Crippen molar-refractivity contribution in [3.8, 4) is 0 Å². The zero-order chi connectivity index (χ0) is 21.0. The van der Waals surface area contributed by atoms with E-state index in [0.29, 0.717) is 23.9 Å². The van der Waals surface area contributed by atoms with Gasteiger partial charge in [-0.15, -0.1) is 0 Å². The van der Waals surface area contributed by atoms with E-state index in [1.54, 1.807) is 6.20 Å². The Morgan fingerprint density at radius 3 is 2.55 bits per heavy atom. The van der Waals surface area contributed by atoms with Gasteiger partial charge in [0.25, 0.3) is 0 Å². The summed E-state index contributed by atoms with van der Waals surface area (Å²) >= 11 is 0. The summed E-state index contributed by atoms with van der Waals surface area (Å²) in [6.07, 6.45) is 5.49. The Hall–Kier alpha value is -2.63. The van der Waals surface area contributed by atoms with Crippen molar-refractivity contribution in [2.45, 2.75) is 59.9 Å². The Labute approximate surface area is 172 Å². The number of aryl methyl sites for hydroxylation is 2. The Bertz CT molecular complexity index is 879. The van der Waals surface area contributed by atoms with Crippen LogP contribution in [-0.2, 0) is 16.1 Å². The zero-order valence-electron chi connectivity index (χ0n) is 17.8. The minimum atomic E-state index is -0.253. The van der Waals surface area contributed by atoms with Crippen molar-refractivity contribution in [3.05, 3.63) is 46.9 Å². The summed E-state index contributed by atoms with van der Waals surface area (Å²) in [7, 11) is 0. The predicted octanol–water partition coefficient (Wildman–Crippen LogP) is 4.43. The number of anilines is 1. The molecular formula is C23H31N3O3. The van der Waals surface area contributed by atoms with Crippen molar-refractivity contribution in [2.75, 3.05) is 11.9 Å². The molecule has 0 bridgehead atoms. The molecule has 0 saturated heterocycles. The number of pyridine rings is 1. The molecule has 0 unspecified atom stereocenters. The molecule has 29 heavy (non-hydrogen) atoms. The maximum Gasteiger partial charge on any atom is 0.339 e. The lowest BCUT2D eigenvalue weighted by Crippen LogP contribution is -2.29. The molecular weight excluding hydrogens is 366 g/mol. The monoisotopic (exact) mass is 397 g/mol. The molecule has 0 spiro atoms. The van der Waals surface area contributed by atoms with Crippen LogP contribution in [0.25, 0.3) is 0 Å². The van der Waals surface area contributed by atoms with Crippen LogP contribution in [0.15, 0.2) is 24.4 Å². The molecule has 2 aromatic heterocycles. The molecule has 1 N–H and O–H groups in total. The van der Waals surface area contributed by atoms with E-state index in [-0.39, 0.29) is 17.8 Å². The van der Waals surface area contributed by atoms with Crippen LogP contribution in [0.2, 0.25) is 0 Å². The van der Waals surface area contributed by atoms with Gasteiger partial charge in [-0.05, 0) is 83.1 Å². The lowest BCUT2D eigenvalue weighted by atomic mass is 9.81. The highest BCUT2D eigenvalue weighted by Gasteiger charge is 2.28. The molecule has 0 radical (unpaired) electrons. The molecule has 6 nitrogen and oxygen atoms in total. The van der Waals surface area contributed by atoms with Gasteiger partial charge in [0, 0.05) is 30.0 Å². The van der Waals surface area contributed by atoms with Gasteiger partial charge >= 0.3 is 5.97 Å². The molecule has 0 aliphatic heterocycles. The van der Waals surface area contributed by atoms with E-state index in [1.165, 1.54) is 0 Å². The number of hydrogen-bond donors (Lipinski definition) is 1. The highest BCUT2D eigenvalue weighted by atomic mass is 16.5. The SMILES string of the molecule is CCOC(=O)c1cc(C)n(CC2CCC(C(=O)Nc3cc(C)ccn3)CC2)c1C. The second-order valence-corrected chi connectivity index (χ2v) is 8.04. The van der Waals surface area contributed by atoms with Crippen LogP contribution in [0.3, 0.4) is 0 Å². The van der Waals surface area contributed by atoms with E-state index in [4.69, 9.17) is 4.74 Å². The number of carbonyl (C=O) groups excluding carboxylic acids is 2. The molecule has 2 aromatic rings. The molecule has 1 saturated carbocycles. The molecule has 1 aliphatic carbocycles. The molecule has 3 rings (SSSR count). The van der Waals surface area contributed by atoms with Crippen molar-refractivity contribution in [3.63, 3.8) is 0 Å². The van der Waals surface area contributed by atoms with Crippen LogP contribution in [0, 0.1) is 32.6 Å². The largest absolute Gasteiger partial charge is 0.462 e. The van der Waals surface area contributed by atoms with Gasteiger partial charge in [-0.1, -0.05) is 0 Å². The summed E-state index contributed by atoms with van der Waals surface area (Å²) in [5.41, 5.74) is 3.78. The smallest absolute Gasteiger partial charge is 0.339 e. The van der Waals surface area contributed by atoms with Crippen molar-refractivity contribution >= 4 is 17.7 Å². The lowest BCUT2D eigenvalue weighted by molar-refractivity contribution is -0.121. The van der Waals surface area contributed by atoms with Crippen molar-refractivity contribution in [1.82, 2.24) is 9.55 Å². The van der Waals surface area contributed by atoms with Gasteiger partial charge in [-0.25, -0.2) is 9.78 Å². The third-order valence-electron chi connectivity index (χ3n) is 5.89. The molecule has 6 heteroatoms. The average molecular weight is 398 g/mol. The number of nitrogens with zero attached hydrogens (tertiary/aromatic N) is 2. The van der Waals surface area contributed by atoms with Crippen LogP contribution in [0.5, 0.6) is 0 Å². The summed E-state index contributed by atoms with van der Waals surface area (Å²) in [5.74, 6) is 0.991. The first kappa shape index (κ1) is 21.1. The number of ether oxygens (including phenoxy) is 1. The van der Waals surface area contributed by atoms with E-state index >= 15 is 0 Å². The molecule has 1 aliphatic rings. The number of rotatable bonds is 6. The number of hydrogen-bond acceptors (Lipinski definition) is 4. The second-order valence-electron chi connectivity index (χ2n) is 8.04. The van der Waals surface area contributed by atoms with Gasteiger partial charge in [0.05, 0.1) is 12.2 Å². The lowest BCUT2D eigenvalue weighted by Gasteiger charge is -2.28. The topological polar surface area (TPSA) is 73.2 Å². The number of amides is 1. The molecule has 1 amide bonds. The van der Waals surface area contributed by atoms with Crippen LogP contribution < -0.4 is 5.32 Å². The summed E-state index contributed by atoms with van der Waals surface area (Å²) in [4.78, 5) is 28.9. The first-order valence-electron chi connectivity index (χ1n) is 10.5. The fourth-order valence-corrected chi connectivity index (χ4v) is 4.20. The van der Waals surface area contributed by atoms with Crippen molar-refractivity contribution in [2.24, 2.45) is 11.8 Å². The Morgan fingerprint density at radius 2 is 1.90 bits per heavy atom. The molecule has 156 valence electrons. The Morgan fingerprint density at radius 1 is 1.17 bits per heavy atom. The van der Waals surface area contributed by atoms with Crippen LogP contribution >= 0.6 is 0 Å². The molecule has 0 aromatic carbocycles. The quantitative estimate of drug-likeness (QED) is 0.732. The fourth-order valence-electron chi connectivity index (χ4n) is 4.20. The fraction of sp³-hybridized carbons (Fsp3) is 0.522. The van der Waals surface area contributed by atoms with Gasteiger partial charge in [-0.2, -0.15) is 0 Å². The van der Waals surface area contributed by atoms with Crippen molar-refractivity contribution in [1.29, 1.82) is 0 Å². The summed E-state index contributed by atoms with van der Waals surface area (Å²) < 4.78 is 7.38. The molecule has 2 heterocycles. The third kappa shape index (κ3) is 5.05. The van der Waals surface area contributed by atoms with Gasteiger partial charge in [0.15, 0.2) is 0 Å².